The lowest BCUT2D eigenvalue weighted by molar-refractivity contribution is 0.0223. The number of nitrogens with zero attached hydrogens (tertiary/aromatic N) is 1. The van der Waals surface area contributed by atoms with Gasteiger partial charge in [0.2, 0.25) is 0 Å². The van der Waals surface area contributed by atoms with Crippen molar-refractivity contribution in [3.8, 4) is 0 Å². The Kier molecular flexibility index (Phi) is 2.99. The minimum atomic E-state index is 0.683. The molecular formula is C13H20N2S. The van der Waals surface area contributed by atoms with Crippen molar-refractivity contribution in [2.24, 2.45) is 5.41 Å². The Balaban J connectivity index is 1.55. The number of aromatic nitrogens is 1. The summed E-state index contributed by atoms with van der Waals surface area (Å²) in [4.78, 5) is 5.50. The maximum Gasteiger partial charge on any atom is 0.0794 e. The second kappa shape index (κ2) is 4.46. The summed E-state index contributed by atoms with van der Waals surface area (Å²) < 4.78 is 0. The van der Waals surface area contributed by atoms with Gasteiger partial charge in [-0.25, -0.2) is 0 Å². The predicted molar refractivity (Wildman–Crippen MR) is 67.5 cm³/mol. The molecule has 2 fully saturated rings. The van der Waals surface area contributed by atoms with Crippen LogP contribution in [0.5, 0.6) is 0 Å². The summed E-state index contributed by atoms with van der Waals surface area (Å²) in [7, 11) is 0. The summed E-state index contributed by atoms with van der Waals surface area (Å²) >= 11 is 1.76. The lowest BCUT2D eigenvalue weighted by Gasteiger charge is -2.52. The van der Waals surface area contributed by atoms with Gasteiger partial charge in [0.05, 0.1) is 5.51 Å². The Morgan fingerprint density at radius 1 is 1.31 bits per heavy atom. The predicted octanol–water partition coefficient (Wildman–Crippen LogP) is 3.35. The molecule has 1 atom stereocenters. The van der Waals surface area contributed by atoms with Gasteiger partial charge in [-0.2, -0.15) is 0 Å². The summed E-state index contributed by atoms with van der Waals surface area (Å²) in [5, 5.41) is 3.75. The van der Waals surface area contributed by atoms with Crippen molar-refractivity contribution in [3.05, 3.63) is 16.6 Å². The fraction of sp³-hybridized carbons (Fsp3) is 0.769. The molecule has 1 aromatic rings. The minimum Gasteiger partial charge on any atom is -0.308 e. The van der Waals surface area contributed by atoms with Crippen LogP contribution >= 0.6 is 11.3 Å². The molecule has 1 N–H and O–H groups in total. The summed E-state index contributed by atoms with van der Waals surface area (Å²) in [6.45, 7) is 1.02. The van der Waals surface area contributed by atoms with Gasteiger partial charge < -0.3 is 5.32 Å². The van der Waals surface area contributed by atoms with E-state index in [4.69, 9.17) is 0 Å². The SMILES string of the molecule is c1ncc(CNC2CCC23CCCCC3)s1. The number of rotatable bonds is 3. The van der Waals surface area contributed by atoms with Gasteiger partial charge in [-0.3, -0.25) is 4.98 Å². The zero-order valence-electron chi connectivity index (χ0n) is 9.74. The van der Waals surface area contributed by atoms with Crippen molar-refractivity contribution in [1.82, 2.24) is 10.3 Å². The van der Waals surface area contributed by atoms with Gasteiger partial charge in [0.1, 0.15) is 0 Å². The van der Waals surface area contributed by atoms with Gasteiger partial charge in [-0.05, 0) is 31.1 Å². The third-order valence-electron chi connectivity index (χ3n) is 4.53. The van der Waals surface area contributed by atoms with Crippen molar-refractivity contribution in [3.63, 3.8) is 0 Å². The molecule has 1 aromatic heterocycles. The maximum absolute atomic E-state index is 4.13. The smallest absolute Gasteiger partial charge is 0.0794 e. The molecule has 0 bridgehead atoms. The highest BCUT2D eigenvalue weighted by molar-refractivity contribution is 7.09. The fourth-order valence-electron chi connectivity index (χ4n) is 3.42. The second-order valence-electron chi connectivity index (χ2n) is 5.36. The van der Waals surface area contributed by atoms with E-state index >= 15 is 0 Å². The van der Waals surface area contributed by atoms with E-state index in [9.17, 15) is 0 Å². The van der Waals surface area contributed by atoms with Crippen molar-refractivity contribution in [2.75, 3.05) is 0 Å². The Morgan fingerprint density at radius 2 is 2.19 bits per heavy atom. The summed E-state index contributed by atoms with van der Waals surface area (Å²) in [6, 6.07) is 0.787. The Hall–Kier alpha value is -0.410. The molecular weight excluding hydrogens is 216 g/mol. The first-order chi connectivity index (χ1) is 7.89. The largest absolute Gasteiger partial charge is 0.308 e. The molecule has 16 heavy (non-hydrogen) atoms. The van der Waals surface area contributed by atoms with Crippen LogP contribution in [0, 0.1) is 5.41 Å². The van der Waals surface area contributed by atoms with E-state index in [2.05, 4.69) is 10.3 Å². The van der Waals surface area contributed by atoms with E-state index in [0.717, 1.165) is 12.6 Å². The van der Waals surface area contributed by atoms with Gasteiger partial charge in [-0.1, -0.05) is 19.3 Å². The Bertz CT molecular complexity index is 328. The molecule has 2 aliphatic carbocycles. The van der Waals surface area contributed by atoms with Crippen LogP contribution < -0.4 is 5.32 Å². The van der Waals surface area contributed by atoms with Gasteiger partial charge in [-0.15, -0.1) is 11.3 Å². The molecule has 2 saturated carbocycles. The van der Waals surface area contributed by atoms with Crippen LogP contribution in [-0.2, 0) is 6.54 Å². The monoisotopic (exact) mass is 236 g/mol. The molecule has 88 valence electrons. The third kappa shape index (κ3) is 1.91. The summed E-state index contributed by atoms with van der Waals surface area (Å²) in [5.74, 6) is 0. The van der Waals surface area contributed by atoms with Crippen LogP contribution in [0.4, 0.5) is 0 Å². The van der Waals surface area contributed by atoms with Crippen LogP contribution in [0.2, 0.25) is 0 Å². The molecule has 0 aromatic carbocycles. The highest BCUT2D eigenvalue weighted by Gasteiger charge is 2.46. The standard InChI is InChI=1S/C13H20N2S/c1-2-5-13(6-3-1)7-4-12(13)15-9-11-8-14-10-16-11/h8,10,12,15H,1-7,9H2. The van der Waals surface area contributed by atoms with E-state index in [-0.39, 0.29) is 0 Å². The zero-order valence-corrected chi connectivity index (χ0v) is 10.6. The first-order valence-electron chi connectivity index (χ1n) is 6.50. The Morgan fingerprint density at radius 3 is 2.81 bits per heavy atom. The maximum atomic E-state index is 4.13. The van der Waals surface area contributed by atoms with Gasteiger partial charge in [0.25, 0.3) is 0 Å². The summed E-state index contributed by atoms with van der Waals surface area (Å²) in [6.07, 6.45) is 12.2. The average Bonchev–Trinajstić information content (AvgIpc) is 2.82. The van der Waals surface area contributed by atoms with E-state index in [1.165, 1.54) is 49.8 Å². The molecule has 2 nitrogen and oxygen atoms in total. The Labute approximate surface area is 101 Å². The topological polar surface area (TPSA) is 24.9 Å². The molecule has 1 unspecified atom stereocenters. The number of thiazole rings is 1. The number of nitrogens with one attached hydrogen (secondary N) is 1. The van der Waals surface area contributed by atoms with Crippen LogP contribution in [0.3, 0.4) is 0 Å². The van der Waals surface area contributed by atoms with Gasteiger partial charge >= 0.3 is 0 Å². The first kappa shape index (κ1) is 10.7. The zero-order chi connectivity index (χ0) is 10.8. The van der Waals surface area contributed by atoms with E-state index in [0.29, 0.717) is 5.41 Å². The van der Waals surface area contributed by atoms with E-state index < -0.39 is 0 Å². The molecule has 0 radical (unpaired) electrons. The number of hydrogen-bond donors (Lipinski definition) is 1. The summed E-state index contributed by atoms with van der Waals surface area (Å²) in [5.41, 5.74) is 2.61. The first-order valence-corrected chi connectivity index (χ1v) is 7.38. The average molecular weight is 236 g/mol. The quantitative estimate of drug-likeness (QED) is 0.870. The molecule has 3 heteroatoms. The van der Waals surface area contributed by atoms with Crippen LogP contribution in [0.1, 0.15) is 49.8 Å². The van der Waals surface area contributed by atoms with Crippen molar-refractivity contribution in [1.29, 1.82) is 0 Å². The van der Waals surface area contributed by atoms with E-state index in [1.54, 1.807) is 11.3 Å². The van der Waals surface area contributed by atoms with Gasteiger partial charge in [0.15, 0.2) is 0 Å². The molecule has 2 aliphatic rings. The minimum absolute atomic E-state index is 0.683. The molecule has 0 amide bonds. The van der Waals surface area contributed by atoms with Crippen LogP contribution in [0.15, 0.2) is 11.7 Å². The molecule has 3 rings (SSSR count). The normalized spacial score (nSPS) is 27.9. The van der Waals surface area contributed by atoms with E-state index in [1.807, 2.05) is 11.7 Å². The molecule has 1 heterocycles. The molecule has 0 aliphatic heterocycles. The lowest BCUT2D eigenvalue weighted by atomic mass is 9.57. The van der Waals surface area contributed by atoms with Crippen LogP contribution in [0.25, 0.3) is 0 Å². The van der Waals surface area contributed by atoms with Gasteiger partial charge in [0, 0.05) is 23.7 Å². The van der Waals surface area contributed by atoms with Crippen molar-refractivity contribution >= 4 is 11.3 Å². The molecule has 0 saturated heterocycles. The van der Waals surface area contributed by atoms with Crippen molar-refractivity contribution < 1.29 is 0 Å². The van der Waals surface area contributed by atoms with Crippen LogP contribution in [-0.4, -0.2) is 11.0 Å². The third-order valence-corrected chi connectivity index (χ3v) is 5.31. The highest BCUT2D eigenvalue weighted by atomic mass is 32.1. The highest BCUT2D eigenvalue weighted by Crippen LogP contribution is 2.51. The van der Waals surface area contributed by atoms with Crippen molar-refractivity contribution in [2.45, 2.75) is 57.5 Å². The fourth-order valence-corrected chi connectivity index (χ4v) is 3.97. The molecule has 1 spiro atoms. The second-order valence-corrected chi connectivity index (χ2v) is 6.33. The number of hydrogen-bond acceptors (Lipinski definition) is 3. The lowest BCUT2D eigenvalue weighted by Crippen LogP contribution is -2.53.